The minimum atomic E-state index is -0.443. The number of carbonyl (C=O) groups is 2. The highest BCUT2D eigenvalue weighted by Crippen LogP contribution is 2.29. The molecular formula is C20H21FN2O2. The van der Waals surface area contributed by atoms with E-state index in [0.717, 1.165) is 17.7 Å². The minimum Gasteiger partial charge on any atom is -0.326 e. The van der Waals surface area contributed by atoms with Crippen LogP contribution in [0, 0.1) is 18.7 Å². The Morgan fingerprint density at radius 1 is 1.28 bits per heavy atom. The van der Waals surface area contributed by atoms with Crippen molar-refractivity contribution in [3.63, 3.8) is 0 Å². The molecule has 4 nitrogen and oxygen atoms in total. The van der Waals surface area contributed by atoms with Gasteiger partial charge in [0.05, 0.1) is 5.92 Å². The summed E-state index contributed by atoms with van der Waals surface area (Å²) in [6, 6.07) is 12.3. The van der Waals surface area contributed by atoms with Gasteiger partial charge in [-0.25, -0.2) is 4.39 Å². The van der Waals surface area contributed by atoms with Crippen LogP contribution in [0.25, 0.3) is 0 Å². The molecule has 0 radical (unpaired) electrons. The summed E-state index contributed by atoms with van der Waals surface area (Å²) in [6.07, 6.45) is 0.984. The molecular weight excluding hydrogens is 319 g/mol. The smallest absolute Gasteiger partial charge is 0.229 e. The summed E-state index contributed by atoms with van der Waals surface area (Å²) in [5, 5.41) is 2.72. The topological polar surface area (TPSA) is 49.4 Å². The minimum absolute atomic E-state index is 0.0591. The summed E-state index contributed by atoms with van der Waals surface area (Å²) in [5.41, 5.74) is 2.88. The van der Waals surface area contributed by atoms with E-state index < -0.39 is 5.92 Å². The lowest BCUT2D eigenvalue weighted by atomic mass is 10.1. The van der Waals surface area contributed by atoms with E-state index in [2.05, 4.69) is 5.32 Å². The Hall–Kier alpha value is -2.69. The zero-order chi connectivity index (χ0) is 18.0. The third kappa shape index (κ3) is 3.55. The molecule has 1 fully saturated rings. The standard InChI is InChI=1S/C20H21FN2O2/c1-3-14-6-4-5-7-18(14)23-12-15(10-19(23)24)20(25)22-16-9-8-13(2)17(21)11-16/h4-9,11,15H,3,10,12H2,1-2H3,(H,22,25)/t15-/m0/s1. The van der Waals surface area contributed by atoms with Gasteiger partial charge >= 0.3 is 0 Å². The Morgan fingerprint density at radius 3 is 2.76 bits per heavy atom. The van der Waals surface area contributed by atoms with Crippen LogP contribution < -0.4 is 10.2 Å². The molecule has 1 aliphatic rings. The summed E-state index contributed by atoms with van der Waals surface area (Å²) in [6.45, 7) is 4.05. The predicted octanol–water partition coefficient (Wildman–Crippen LogP) is 3.69. The first-order valence-electron chi connectivity index (χ1n) is 8.45. The van der Waals surface area contributed by atoms with Crippen molar-refractivity contribution in [2.75, 3.05) is 16.8 Å². The molecule has 1 atom stereocenters. The van der Waals surface area contributed by atoms with E-state index in [1.54, 1.807) is 24.0 Å². The molecule has 0 unspecified atom stereocenters. The second-order valence-electron chi connectivity index (χ2n) is 6.34. The van der Waals surface area contributed by atoms with Crippen molar-refractivity contribution in [1.29, 1.82) is 0 Å². The van der Waals surface area contributed by atoms with Gasteiger partial charge in [-0.1, -0.05) is 31.2 Å². The van der Waals surface area contributed by atoms with E-state index in [1.807, 2.05) is 31.2 Å². The van der Waals surface area contributed by atoms with Gasteiger partial charge in [0, 0.05) is 24.3 Å². The number of para-hydroxylation sites is 1. The second-order valence-corrected chi connectivity index (χ2v) is 6.34. The lowest BCUT2D eigenvalue weighted by Gasteiger charge is -2.20. The number of hydrogen-bond acceptors (Lipinski definition) is 2. The van der Waals surface area contributed by atoms with Crippen molar-refractivity contribution >= 4 is 23.2 Å². The van der Waals surface area contributed by atoms with Crippen LogP contribution in [0.1, 0.15) is 24.5 Å². The molecule has 1 N–H and O–H groups in total. The van der Waals surface area contributed by atoms with Gasteiger partial charge in [0.15, 0.2) is 0 Å². The van der Waals surface area contributed by atoms with Crippen molar-refractivity contribution < 1.29 is 14.0 Å². The first-order chi connectivity index (χ1) is 12.0. The number of hydrogen-bond donors (Lipinski definition) is 1. The molecule has 0 spiro atoms. The van der Waals surface area contributed by atoms with Gasteiger partial charge in [-0.2, -0.15) is 0 Å². The summed E-state index contributed by atoms with van der Waals surface area (Å²) in [4.78, 5) is 26.5. The van der Waals surface area contributed by atoms with Crippen LogP contribution in [0.4, 0.5) is 15.8 Å². The van der Waals surface area contributed by atoms with Crippen LogP contribution in [0.3, 0.4) is 0 Å². The predicted molar refractivity (Wildman–Crippen MR) is 96.0 cm³/mol. The van der Waals surface area contributed by atoms with Gasteiger partial charge in [-0.3, -0.25) is 9.59 Å². The number of benzene rings is 2. The fraction of sp³-hybridized carbons (Fsp3) is 0.300. The molecule has 3 rings (SSSR count). The van der Waals surface area contributed by atoms with Gasteiger partial charge in [0.2, 0.25) is 11.8 Å². The maximum absolute atomic E-state index is 13.6. The third-order valence-electron chi connectivity index (χ3n) is 4.60. The highest BCUT2D eigenvalue weighted by Gasteiger charge is 2.35. The average molecular weight is 340 g/mol. The van der Waals surface area contributed by atoms with Crippen LogP contribution in [-0.2, 0) is 16.0 Å². The average Bonchev–Trinajstić information content (AvgIpc) is 3.00. The molecule has 1 heterocycles. The van der Waals surface area contributed by atoms with Crippen molar-refractivity contribution in [3.05, 3.63) is 59.4 Å². The van der Waals surface area contributed by atoms with Crippen molar-refractivity contribution in [1.82, 2.24) is 0 Å². The van der Waals surface area contributed by atoms with E-state index in [9.17, 15) is 14.0 Å². The Balaban J connectivity index is 1.73. The van der Waals surface area contributed by atoms with Crippen LogP contribution in [0.5, 0.6) is 0 Å². The quantitative estimate of drug-likeness (QED) is 0.923. The molecule has 0 aromatic heterocycles. The lowest BCUT2D eigenvalue weighted by molar-refractivity contribution is -0.122. The normalized spacial score (nSPS) is 17.0. The van der Waals surface area contributed by atoms with Crippen LogP contribution in [0.15, 0.2) is 42.5 Å². The molecule has 0 aliphatic carbocycles. The van der Waals surface area contributed by atoms with Crippen molar-refractivity contribution in [2.24, 2.45) is 5.92 Å². The Morgan fingerprint density at radius 2 is 2.04 bits per heavy atom. The zero-order valence-electron chi connectivity index (χ0n) is 14.4. The van der Waals surface area contributed by atoms with Crippen molar-refractivity contribution in [2.45, 2.75) is 26.7 Å². The molecule has 2 aromatic carbocycles. The summed E-state index contributed by atoms with van der Waals surface area (Å²) in [7, 11) is 0. The van der Waals surface area contributed by atoms with Crippen LogP contribution in [0.2, 0.25) is 0 Å². The fourth-order valence-electron chi connectivity index (χ4n) is 3.10. The SMILES string of the molecule is CCc1ccccc1N1C[C@@H](C(=O)Nc2ccc(C)c(F)c2)CC1=O. The summed E-state index contributed by atoms with van der Waals surface area (Å²) < 4.78 is 13.6. The van der Waals surface area contributed by atoms with E-state index in [0.29, 0.717) is 17.8 Å². The number of nitrogens with zero attached hydrogens (tertiary/aromatic N) is 1. The van der Waals surface area contributed by atoms with E-state index >= 15 is 0 Å². The first kappa shape index (κ1) is 17.1. The first-order valence-corrected chi connectivity index (χ1v) is 8.45. The molecule has 25 heavy (non-hydrogen) atoms. The molecule has 1 aliphatic heterocycles. The number of rotatable bonds is 4. The Bertz CT molecular complexity index is 819. The Kier molecular flexibility index (Phi) is 4.83. The van der Waals surface area contributed by atoms with Crippen molar-refractivity contribution in [3.8, 4) is 0 Å². The number of anilines is 2. The summed E-state index contributed by atoms with van der Waals surface area (Å²) >= 11 is 0. The van der Waals surface area contributed by atoms with E-state index in [4.69, 9.17) is 0 Å². The Labute approximate surface area is 146 Å². The molecule has 5 heteroatoms. The number of halogens is 1. The van der Waals surface area contributed by atoms with Gasteiger partial charge in [-0.15, -0.1) is 0 Å². The summed E-state index contributed by atoms with van der Waals surface area (Å²) in [5.74, 6) is -1.12. The molecule has 2 aromatic rings. The maximum Gasteiger partial charge on any atom is 0.229 e. The highest BCUT2D eigenvalue weighted by atomic mass is 19.1. The van der Waals surface area contributed by atoms with Gasteiger partial charge < -0.3 is 10.2 Å². The molecule has 130 valence electrons. The van der Waals surface area contributed by atoms with Gasteiger partial charge in [0.25, 0.3) is 0 Å². The molecule has 2 amide bonds. The monoisotopic (exact) mass is 340 g/mol. The number of amides is 2. The van der Waals surface area contributed by atoms with Gasteiger partial charge in [-0.05, 0) is 42.7 Å². The third-order valence-corrected chi connectivity index (χ3v) is 4.60. The van der Waals surface area contributed by atoms with Gasteiger partial charge in [0.1, 0.15) is 5.82 Å². The number of aryl methyl sites for hydroxylation is 2. The van der Waals surface area contributed by atoms with E-state index in [-0.39, 0.29) is 24.1 Å². The lowest BCUT2D eigenvalue weighted by Crippen LogP contribution is -2.28. The molecule has 0 saturated carbocycles. The van der Waals surface area contributed by atoms with Crippen LogP contribution >= 0.6 is 0 Å². The molecule has 0 bridgehead atoms. The fourth-order valence-corrected chi connectivity index (χ4v) is 3.10. The molecule has 1 saturated heterocycles. The largest absolute Gasteiger partial charge is 0.326 e. The van der Waals surface area contributed by atoms with E-state index in [1.165, 1.54) is 6.07 Å². The highest BCUT2D eigenvalue weighted by molar-refractivity contribution is 6.03. The van der Waals surface area contributed by atoms with Crippen LogP contribution in [-0.4, -0.2) is 18.4 Å². The number of nitrogens with one attached hydrogen (secondary N) is 1. The second kappa shape index (κ2) is 7.05. The maximum atomic E-state index is 13.6. The number of carbonyl (C=O) groups excluding carboxylic acids is 2. The zero-order valence-corrected chi connectivity index (χ0v) is 14.4.